The standard InChI is InChI=1S/C98H136N14O24S.O3S/c1-15-111-78-37-36-70(137(134,135)136)50-74(78)98(13,14)85(111)31-20-17-16-18-21-32-86-97(11,12)73-29-23-24-30-77(73)112(86)41-27-19-22-33-87(122)102-40-26-25-28-66(93(130)107-59(5)79(116)43-57(3)92(129)106-62(8)82(119)51-72(64(10)115)96(133)110-75(48-68-52-100-54-103-68)83(120)45-65(90(99)127)34-38-88(123)124)46-81(118)61(7)105-91(128)56(2)42-80(117)60(6)108-94(131)67(35-39-89(125)126)47-84(121)76(49-69-53-101-55-104-69)109-95(132)71(63(9)114)44-58(4)113;1-4(2)3/h16-18,20-21,23-24,29-32,36-37,50,52-57,59-67,71-72,75-76,114-115H,15,19,22,25-28,33-35,38-49,51H2,1-14H3,(H13-,99,100,101,102,103,104,105,106,107,108,109,110,122,123,124,125,126,127,128,129,130,131,132,133,134,135,136);/t56-,57-,59+,60+,61+,62+,63-,64-,65-,66-,67-,71+,72+,75+,76+;/m0./s1. The lowest BCUT2D eigenvalue weighted by atomic mass is 9.81. The number of aromatic nitrogens is 4. The van der Waals surface area contributed by atoms with Gasteiger partial charge in [-0.15, -0.1) is 12.6 Å². The summed E-state index contributed by atoms with van der Waals surface area (Å²) in [7, 11) is -7.76. The Balaban J connectivity index is 0.00000858. The number of carboxylic acid groups (broad SMARTS) is 2. The van der Waals surface area contributed by atoms with Crippen LogP contribution in [0.2, 0.25) is 0 Å². The number of Topliss-reactive ketones (excluding diaryl/α,β-unsaturated/α-hetero) is 7. The summed E-state index contributed by atoms with van der Waals surface area (Å²) in [6, 6.07) is 4.75. The molecular formula is C98H136N14O27S2. The van der Waals surface area contributed by atoms with E-state index in [0.29, 0.717) is 43.7 Å². The number of H-pyrrole nitrogens is 2. The van der Waals surface area contributed by atoms with Gasteiger partial charge in [0.05, 0.1) is 94.6 Å². The van der Waals surface area contributed by atoms with Crippen LogP contribution in [0.3, 0.4) is 0 Å². The largest absolute Gasteiger partial charge is 0.744 e. The number of carbonyl (C=O) groups excluding carboxylic acids is 15. The topological polar surface area (TPSA) is 653 Å². The van der Waals surface area contributed by atoms with Crippen LogP contribution in [0.15, 0.2) is 121 Å². The van der Waals surface area contributed by atoms with Crippen LogP contribution in [-0.2, 0) is 126 Å². The van der Waals surface area contributed by atoms with Crippen molar-refractivity contribution in [3.8, 4) is 0 Å². The van der Waals surface area contributed by atoms with Crippen molar-refractivity contribution < 1.29 is 132 Å². The first-order valence-corrected chi connectivity index (χ1v) is 49.4. The number of hydrogen-bond donors (Lipinski definition) is 14. The summed E-state index contributed by atoms with van der Waals surface area (Å²) < 4.78 is 63.2. The van der Waals surface area contributed by atoms with Gasteiger partial charge >= 0.3 is 22.5 Å². The number of aliphatic hydroxyl groups is 2. The van der Waals surface area contributed by atoms with Gasteiger partial charge in [-0.1, -0.05) is 89.1 Å². The molecule has 4 aromatic rings. The zero-order valence-corrected chi connectivity index (χ0v) is 83.8. The molecule has 0 bridgehead atoms. The Morgan fingerprint density at radius 2 is 0.979 bits per heavy atom. The van der Waals surface area contributed by atoms with Gasteiger partial charge in [0.15, 0.2) is 40.4 Å². The summed E-state index contributed by atoms with van der Waals surface area (Å²) in [5.41, 5.74) is 11.1. The number of primary amides is 1. The Kier molecular flexibility index (Phi) is 47.6. The molecule has 15 N–H and O–H groups in total. The number of nitrogens with one attached hydrogen (secondary N) is 9. The smallest absolute Gasteiger partial charge is 0.425 e. The van der Waals surface area contributed by atoms with E-state index in [-0.39, 0.29) is 74.1 Å². The molecule has 6 rings (SSSR count). The van der Waals surface area contributed by atoms with Gasteiger partial charge in [0.25, 0.3) is 0 Å². The summed E-state index contributed by atoms with van der Waals surface area (Å²) in [6.07, 6.45) is 13.5. The fourth-order valence-corrected chi connectivity index (χ4v) is 17.1. The van der Waals surface area contributed by atoms with Gasteiger partial charge in [0.1, 0.15) is 22.4 Å². The molecule has 4 heterocycles. The molecule has 0 fully saturated rings. The number of carbonyl (C=O) groups is 17. The van der Waals surface area contributed by atoms with E-state index in [0.717, 1.165) is 34.8 Å². The van der Waals surface area contributed by atoms with E-state index in [9.17, 15) is 115 Å². The minimum absolute atomic E-state index is 0.0267. The number of aromatic amines is 2. The molecule has 0 radical (unpaired) electrons. The molecule has 0 aliphatic carbocycles. The van der Waals surface area contributed by atoms with Crippen LogP contribution < -0.4 is 47.9 Å². The predicted octanol–water partition coefficient (Wildman–Crippen LogP) is 5.16. The van der Waals surface area contributed by atoms with Gasteiger partial charge in [0.2, 0.25) is 52.9 Å². The number of allylic oxidation sites excluding steroid dienone is 8. The van der Waals surface area contributed by atoms with E-state index in [4.69, 9.17) is 18.4 Å². The van der Waals surface area contributed by atoms with Gasteiger partial charge in [-0.25, -0.2) is 18.4 Å². The highest BCUT2D eigenvalue weighted by Crippen LogP contribution is 2.48. The highest BCUT2D eigenvalue weighted by atomic mass is 32.2. The van der Waals surface area contributed by atoms with E-state index < -0.39 is 261 Å². The average molecular weight is 2010 g/mol. The lowest BCUT2D eigenvalue weighted by molar-refractivity contribution is -0.433. The number of ketones is 7. The molecule has 772 valence electrons. The van der Waals surface area contributed by atoms with E-state index in [1.807, 2.05) is 69.4 Å². The number of aliphatic carboxylic acids is 2. The number of nitrogens with zero attached hydrogens (tertiary/aromatic N) is 4. The fraction of sp³-hybridized carbons (Fsp3) is 0.551. The summed E-state index contributed by atoms with van der Waals surface area (Å²) in [4.78, 5) is 243. The number of carboxylic acids is 2. The molecule has 43 heteroatoms. The molecule has 15 atom stereocenters. The van der Waals surface area contributed by atoms with Crippen LogP contribution in [-0.4, -0.2) is 244 Å². The number of unbranched alkanes of at least 4 members (excludes halogenated alkanes) is 3. The third-order valence-electron chi connectivity index (χ3n) is 25.1. The number of para-hydroxylation sites is 1. The second kappa shape index (κ2) is 56.5. The number of amides is 8. The zero-order chi connectivity index (χ0) is 106. The van der Waals surface area contributed by atoms with Gasteiger partial charge in [-0.05, 0) is 138 Å². The molecule has 2 aromatic heterocycles. The Morgan fingerprint density at radius 3 is 1.45 bits per heavy atom. The van der Waals surface area contributed by atoms with Crippen LogP contribution in [0.5, 0.6) is 0 Å². The molecular weight excluding hydrogens is 1870 g/mol. The van der Waals surface area contributed by atoms with E-state index in [1.54, 1.807) is 6.07 Å². The second-order valence-corrected chi connectivity index (χ2v) is 38.9. The van der Waals surface area contributed by atoms with E-state index in [2.05, 4.69) is 98.7 Å². The Bertz CT molecular complexity index is 5520. The van der Waals surface area contributed by atoms with Gasteiger partial charge < -0.3 is 87.6 Å². The monoisotopic (exact) mass is 2000 g/mol. The number of hydrogen-bond acceptors (Lipinski definition) is 28. The summed E-state index contributed by atoms with van der Waals surface area (Å²) in [5, 5.41) is 58.3. The first kappa shape index (κ1) is 119. The highest BCUT2D eigenvalue weighted by molar-refractivity contribution is 7.85. The van der Waals surface area contributed by atoms with Crippen molar-refractivity contribution in [1.29, 1.82) is 0 Å². The number of aliphatic hydroxyl groups excluding tert-OH is 2. The Labute approximate surface area is 821 Å². The van der Waals surface area contributed by atoms with Gasteiger partial charge in [0, 0.05) is 167 Å². The summed E-state index contributed by atoms with van der Waals surface area (Å²) in [5.74, 6) is -22.1. The van der Waals surface area contributed by atoms with Crippen LogP contribution in [0.1, 0.15) is 235 Å². The normalized spacial score (nSPS) is 16.6. The van der Waals surface area contributed by atoms with Crippen molar-refractivity contribution in [2.75, 3.05) is 24.5 Å². The number of benzene rings is 2. The lowest BCUT2D eigenvalue weighted by Crippen LogP contribution is -2.49. The fourth-order valence-electron chi connectivity index (χ4n) is 16.6. The molecule has 0 spiro atoms. The van der Waals surface area contributed by atoms with Crippen LogP contribution in [0.25, 0.3) is 0 Å². The van der Waals surface area contributed by atoms with Gasteiger partial charge in [-0.3, -0.25) is 76.7 Å². The van der Waals surface area contributed by atoms with Crippen molar-refractivity contribution in [3.63, 3.8) is 0 Å². The van der Waals surface area contributed by atoms with E-state index in [1.165, 1.54) is 105 Å². The number of fused-ring (bicyclic) bond motifs is 2. The lowest BCUT2D eigenvalue weighted by Gasteiger charge is -2.27. The third kappa shape index (κ3) is 37.9. The molecule has 2 aliphatic rings. The van der Waals surface area contributed by atoms with Crippen molar-refractivity contribution in [3.05, 3.63) is 138 Å². The maximum Gasteiger partial charge on any atom is 0.425 e. The molecule has 141 heavy (non-hydrogen) atoms. The number of anilines is 1. The molecule has 0 unspecified atom stereocenters. The van der Waals surface area contributed by atoms with Crippen LogP contribution in [0.4, 0.5) is 11.4 Å². The van der Waals surface area contributed by atoms with Gasteiger partial charge in [-0.2, -0.15) is 4.58 Å². The number of rotatable bonds is 62. The molecule has 2 aliphatic heterocycles. The molecule has 41 nitrogen and oxygen atoms in total. The SMILES string of the molecule is CC[N+]1=C(/C=C/C=C/C=C/C=C2/N(CCCCCC(=O)NCCCC[C@@H](CC(=O)[C@@H](C)NC(=O)[C@@H](C)CC(=O)[C@@H](C)NC(=O)[C@@H](CCC(=O)O)CC(=O)[C@@H](Cc3c[nH]cn3)NC(=O)[C@H](CC(C)=O)[C@H](C)O)C(=O)N[C@H](C)C(=O)C[C@H](C)C(=O)N[C@H](C)C(=O)C[C@@H](C(=O)N[C@H](Cc3c[nH]cn3)C(=O)C[C@H](CCC(=O)O)C(N)=O)[C@H](C)O)c3ccccc3C2(C)C)C(C)(C)c2cc(S(=O)(=O)[O-])ccc21.O=S(=O)=O. The second-order valence-electron chi connectivity index (χ2n) is 37.1. The number of imidazole rings is 2. The molecule has 2 aromatic carbocycles. The first-order chi connectivity index (χ1) is 66.1. The van der Waals surface area contributed by atoms with Crippen molar-refractivity contribution >= 4 is 137 Å². The summed E-state index contributed by atoms with van der Waals surface area (Å²) in [6.45, 7) is 23.7. The zero-order valence-electron chi connectivity index (χ0n) is 82.2. The third-order valence-corrected chi connectivity index (χ3v) is 25.9. The predicted molar refractivity (Wildman–Crippen MR) is 514 cm³/mol. The van der Waals surface area contributed by atoms with Crippen molar-refractivity contribution in [1.82, 2.24) is 57.2 Å². The molecule has 0 saturated heterocycles. The van der Waals surface area contributed by atoms with Crippen LogP contribution in [0, 0.1) is 41.4 Å². The average Bonchev–Trinajstić information content (AvgIpc) is 1.59. The highest BCUT2D eigenvalue weighted by Gasteiger charge is 2.46. The quantitative estimate of drug-likeness (QED) is 0.0117. The molecule has 8 amide bonds. The summed E-state index contributed by atoms with van der Waals surface area (Å²) >= 11 is 0. The molecule has 0 saturated carbocycles. The minimum atomic E-state index is -4.65. The minimum Gasteiger partial charge on any atom is -0.744 e. The van der Waals surface area contributed by atoms with Crippen molar-refractivity contribution in [2.24, 2.45) is 47.2 Å². The maximum absolute atomic E-state index is 14.4. The Morgan fingerprint density at radius 1 is 0.525 bits per heavy atom. The maximum atomic E-state index is 14.4. The first-order valence-electron chi connectivity index (χ1n) is 47.0. The Hall–Kier alpha value is -12.9. The van der Waals surface area contributed by atoms with E-state index >= 15 is 0 Å². The number of nitrogens with two attached hydrogens (primary N) is 1. The van der Waals surface area contributed by atoms with Crippen LogP contribution >= 0.6 is 0 Å². The van der Waals surface area contributed by atoms with Crippen molar-refractivity contribution in [2.45, 2.75) is 290 Å².